The predicted molar refractivity (Wildman–Crippen MR) is 75.1 cm³/mol. The van der Waals surface area contributed by atoms with Crippen LogP contribution >= 0.6 is 11.6 Å². The second-order valence-electron chi connectivity index (χ2n) is 4.79. The molecule has 0 bridgehead atoms. The Labute approximate surface area is 114 Å². The van der Waals surface area contributed by atoms with Crippen molar-refractivity contribution in [1.82, 2.24) is 10.2 Å². The molecule has 1 fully saturated rings. The normalized spacial score (nSPS) is 22.9. The van der Waals surface area contributed by atoms with Crippen LogP contribution in [-0.4, -0.2) is 50.8 Å². The number of alkyl halides is 1. The van der Waals surface area contributed by atoms with E-state index >= 15 is 0 Å². The topological polar surface area (TPSA) is 24.5 Å². The van der Waals surface area contributed by atoms with E-state index in [2.05, 4.69) is 29.4 Å². The maximum absolute atomic E-state index is 6.34. The van der Waals surface area contributed by atoms with E-state index < -0.39 is 0 Å². The van der Waals surface area contributed by atoms with Gasteiger partial charge in [-0.2, -0.15) is 0 Å². The van der Waals surface area contributed by atoms with Gasteiger partial charge in [0.15, 0.2) is 0 Å². The molecule has 0 amide bonds. The van der Waals surface area contributed by atoms with Crippen LogP contribution in [0.25, 0.3) is 0 Å². The van der Waals surface area contributed by atoms with Crippen LogP contribution < -0.4 is 5.32 Å². The summed E-state index contributed by atoms with van der Waals surface area (Å²) in [6.07, 6.45) is 0.281. The van der Waals surface area contributed by atoms with E-state index in [0.717, 1.165) is 38.3 Å². The second kappa shape index (κ2) is 7.10. The highest BCUT2D eigenvalue weighted by atomic mass is 35.5. The maximum Gasteiger partial charge on any atom is 0.0826 e. The Morgan fingerprint density at radius 3 is 2.94 bits per heavy atom. The molecule has 0 aromatic heterocycles. The van der Waals surface area contributed by atoms with Gasteiger partial charge in [-0.05, 0) is 12.6 Å². The van der Waals surface area contributed by atoms with Gasteiger partial charge in [-0.15, -0.1) is 11.6 Å². The van der Waals surface area contributed by atoms with Crippen molar-refractivity contribution in [2.75, 3.05) is 39.8 Å². The van der Waals surface area contributed by atoms with Gasteiger partial charge in [-0.3, -0.25) is 0 Å². The van der Waals surface area contributed by atoms with Crippen LogP contribution in [-0.2, 0) is 4.74 Å². The van der Waals surface area contributed by atoms with Gasteiger partial charge in [-0.1, -0.05) is 30.3 Å². The van der Waals surface area contributed by atoms with Crippen LogP contribution in [0.2, 0.25) is 0 Å². The number of rotatable bonds is 5. The summed E-state index contributed by atoms with van der Waals surface area (Å²) in [6, 6.07) is 10.2. The molecule has 1 saturated heterocycles. The first-order chi connectivity index (χ1) is 8.75. The van der Waals surface area contributed by atoms with Crippen LogP contribution in [0.15, 0.2) is 30.3 Å². The lowest BCUT2D eigenvalue weighted by Crippen LogP contribution is -2.45. The molecule has 100 valence electrons. The minimum absolute atomic E-state index is 0.0209. The Bertz CT molecular complexity index is 347. The molecule has 2 atom stereocenters. The van der Waals surface area contributed by atoms with Gasteiger partial charge in [-0.25, -0.2) is 0 Å². The molecule has 1 aromatic carbocycles. The number of nitrogens with one attached hydrogen (secondary N) is 1. The third-order valence-electron chi connectivity index (χ3n) is 3.20. The number of hydrogen-bond acceptors (Lipinski definition) is 3. The van der Waals surface area contributed by atoms with Crippen LogP contribution in [0.5, 0.6) is 0 Å². The van der Waals surface area contributed by atoms with Gasteiger partial charge in [0.25, 0.3) is 0 Å². The molecule has 2 rings (SSSR count). The van der Waals surface area contributed by atoms with E-state index in [1.807, 2.05) is 18.2 Å². The molecule has 4 heteroatoms. The predicted octanol–water partition coefficient (Wildman–Crippen LogP) is 1.89. The SMILES string of the molecule is CN1CCOC(CNCC(Cl)c2ccccc2)C1. The first-order valence-corrected chi connectivity index (χ1v) is 6.89. The smallest absolute Gasteiger partial charge is 0.0826 e. The molecule has 0 radical (unpaired) electrons. The van der Waals surface area contributed by atoms with E-state index in [9.17, 15) is 0 Å². The lowest BCUT2D eigenvalue weighted by Gasteiger charge is -2.30. The first kappa shape index (κ1) is 13.8. The summed E-state index contributed by atoms with van der Waals surface area (Å²) in [6.45, 7) is 4.48. The average molecular weight is 269 g/mol. The van der Waals surface area contributed by atoms with Crippen molar-refractivity contribution in [2.45, 2.75) is 11.5 Å². The highest BCUT2D eigenvalue weighted by Crippen LogP contribution is 2.18. The third kappa shape index (κ3) is 4.25. The van der Waals surface area contributed by atoms with Crippen molar-refractivity contribution in [2.24, 2.45) is 0 Å². The van der Waals surface area contributed by atoms with E-state index in [-0.39, 0.29) is 11.5 Å². The monoisotopic (exact) mass is 268 g/mol. The van der Waals surface area contributed by atoms with E-state index in [1.165, 1.54) is 0 Å². The summed E-state index contributed by atoms with van der Waals surface area (Å²) in [5, 5.41) is 3.41. The zero-order valence-corrected chi connectivity index (χ0v) is 11.6. The number of hydrogen-bond donors (Lipinski definition) is 1. The van der Waals surface area contributed by atoms with Crippen molar-refractivity contribution in [3.05, 3.63) is 35.9 Å². The summed E-state index contributed by atoms with van der Waals surface area (Å²) in [5.74, 6) is 0. The molecule has 18 heavy (non-hydrogen) atoms. The Morgan fingerprint density at radius 1 is 1.44 bits per heavy atom. The van der Waals surface area contributed by atoms with Crippen molar-refractivity contribution in [1.29, 1.82) is 0 Å². The number of likely N-dealkylation sites (N-methyl/N-ethyl adjacent to an activating group) is 1. The molecule has 1 aliphatic rings. The van der Waals surface area contributed by atoms with Gasteiger partial charge in [0.05, 0.1) is 18.1 Å². The van der Waals surface area contributed by atoms with Gasteiger partial charge in [0.2, 0.25) is 0 Å². The maximum atomic E-state index is 6.34. The molecule has 3 nitrogen and oxygen atoms in total. The second-order valence-corrected chi connectivity index (χ2v) is 5.32. The average Bonchev–Trinajstić information content (AvgIpc) is 2.40. The summed E-state index contributed by atoms with van der Waals surface area (Å²) in [5.41, 5.74) is 1.16. The molecular weight excluding hydrogens is 248 g/mol. The van der Waals surface area contributed by atoms with Crippen molar-refractivity contribution < 1.29 is 4.74 Å². The fraction of sp³-hybridized carbons (Fsp3) is 0.571. The minimum Gasteiger partial charge on any atom is -0.374 e. The summed E-state index contributed by atoms with van der Waals surface area (Å²) >= 11 is 6.34. The third-order valence-corrected chi connectivity index (χ3v) is 3.60. The Balaban J connectivity index is 1.69. The molecule has 1 heterocycles. The fourth-order valence-corrected chi connectivity index (χ4v) is 2.40. The fourth-order valence-electron chi connectivity index (χ4n) is 2.14. The largest absolute Gasteiger partial charge is 0.374 e. The summed E-state index contributed by atoms with van der Waals surface area (Å²) in [7, 11) is 2.13. The number of halogens is 1. The Morgan fingerprint density at radius 2 is 2.22 bits per heavy atom. The van der Waals surface area contributed by atoms with Crippen molar-refractivity contribution in [3.8, 4) is 0 Å². The standard InChI is InChI=1S/C14H21ClN2O/c1-17-7-8-18-13(11-17)9-16-10-14(15)12-5-3-2-4-6-12/h2-6,13-14,16H,7-11H2,1H3. The van der Waals surface area contributed by atoms with Gasteiger partial charge in [0, 0.05) is 26.2 Å². The first-order valence-electron chi connectivity index (χ1n) is 6.45. The lowest BCUT2D eigenvalue weighted by molar-refractivity contribution is -0.0179. The highest BCUT2D eigenvalue weighted by molar-refractivity contribution is 6.21. The van der Waals surface area contributed by atoms with Crippen LogP contribution in [0.1, 0.15) is 10.9 Å². The van der Waals surface area contributed by atoms with Crippen LogP contribution in [0.4, 0.5) is 0 Å². The van der Waals surface area contributed by atoms with Crippen molar-refractivity contribution >= 4 is 11.6 Å². The molecule has 2 unspecified atom stereocenters. The number of morpholine rings is 1. The molecule has 0 aliphatic carbocycles. The van der Waals surface area contributed by atoms with Crippen LogP contribution in [0, 0.1) is 0 Å². The summed E-state index contributed by atoms with van der Waals surface area (Å²) < 4.78 is 5.69. The molecule has 0 saturated carbocycles. The quantitative estimate of drug-likeness (QED) is 0.826. The van der Waals surface area contributed by atoms with E-state index in [4.69, 9.17) is 16.3 Å². The zero-order chi connectivity index (χ0) is 12.8. The van der Waals surface area contributed by atoms with Gasteiger partial charge in [0.1, 0.15) is 0 Å². The number of nitrogens with zero attached hydrogens (tertiary/aromatic N) is 1. The molecule has 0 spiro atoms. The van der Waals surface area contributed by atoms with Crippen molar-refractivity contribution in [3.63, 3.8) is 0 Å². The minimum atomic E-state index is 0.0209. The van der Waals surface area contributed by atoms with Crippen LogP contribution in [0.3, 0.4) is 0 Å². The zero-order valence-electron chi connectivity index (χ0n) is 10.8. The molecule has 1 aliphatic heterocycles. The lowest BCUT2D eigenvalue weighted by atomic mass is 10.1. The highest BCUT2D eigenvalue weighted by Gasteiger charge is 2.17. The molecular formula is C14H21ClN2O. The van der Waals surface area contributed by atoms with E-state index in [0.29, 0.717) is 0 Å². The molecule has 1 aromatic rings. The van der Waals surface area contributed by atoms with Gasteiger partial charge >= 0.3 is 0 Å². The van der Waals surface area contributed by atoms with Gasteiger partial charge < -0.3 is 15.0 Å². The summed E-state index contributed by atoms with van der Waals surface area (Å²) in [4.78, 5) is 2.30. The Kier molecular flexibility index (Phi) is 5.45. The van der Waals surface area contributed by atoms with E-state index in [1.54, 1.807) is 0 Å². The molecule has 1 N–H and O–H groups in total. The number of ether oxygens (including phenoxy) is 1. The Hall–Kier alpha value is -0.610. The number of benzene rings is 1.